The van der Waals surface area contributed by atoms with Gasteiger partial charge in [0.2, 0.25) is 0 Å². The first-order valence-corrected chi connectivity index (χ1v) is 7.33. The lowest BCUT2D eigenvalue weighted by atomic mass is 10.1. The van der Waals surface area contributed by atoms with E-state index in [1.165, 1.54) is 6.92 Å². The van der Waals surface area contributed by atoms with Crippen LogP contribution in [0, 0.1) is 10.1 Å². The summed E-state index contributed by atoms with van der Waals surface area (Å²) in [6.45, 7) is 2.91. The molecule has 0 radical (unpaired) electrons. The fourth-order valence-electron chi connectivity index (χ4n) is 1.76. The Kier molecular flexibility index (Phi) is 4.66. The molecule has 0 saturated heterocycles. The van der Waals surface area contributed by atoms with Gasteiger partial charge >= 0.3 is 6.16 Å². The van der Waals surface area contributed by atoms with E-state index < -0.39 is 31.5 Å². The largest absolute Gasteiger partial charge is 0.511 e. The zero-order valence-electron chi connectivity index (χ0n) is 10.8. The number of sulfone groups is 1. The van der Waals surface area contributed by atoms with Gasteiger partial charge < -0.3 is 9.84 Å². The predicted octanol–water partition coefficient (Wildman–Crippen LogP) is 2.01. The third-order valence-electron chi connectivity index (χ3n) is 2.64. The molecule has 0 amide bonds. The number of carboxylic acid groups (broad SMARTS) is 1. The summed E-state index contributed by atoms with van der Waals surface area (Å²) in [5.74, 6) is -0.546. The highest BCUT2D eigenvalue weighted by Crippen LogP contribution is 2.35. The van der Waals surface area contributed by atoms with Gasteiger partial charge in [-0.1, -0.05) is 13.8 Å². The average Bonchev–Trinajstić information content (AvgIpc) is 2.37. The number of hydrogen-bond donors (Lipinski definition) is 1. The van der Waals surface area contributed by atoms with E-state index in [1.807, 2.05) is 0 Å². The molecule has 0 fully saturated rings. The third kappa shape index (κ3) is 3.05. The summed E-state index contributed by atoms with van der Waals surface area (Å²) in [5.41, 5.74) is -0.593. The van der Waals surface area contributed by atoms with Crippen LogP contribution in [0.25, 0.3) is 0 Å². The molecule has 0 heterocycles. The second kappa shape index (κ2) is 5.87. The molecule has 0 atom stereocenters. The van der Waals surface area contributed by atoms with Crippen molar-refractivity contribution in [2.24, 2.45) is 0 Å². The first-order valence-electron chi connectivity index (χ1n) is 5.68. The number of nitrogens with zero attached hydrogens (tertiary/aromatic N) is 1. The van der Waals surface area contributed by atoms with Crippen LogP contribution in [0.5, 0.6) is 5.75 Å². The van der Waals surface area contributed by atoms with Crippen molar-refractivity contribution in [1.29, 1.82) is 0 Å². The van der Waals surface area contributed by atoms with Gasteiger partial charge in [-0.3, -0.25) is 10.1 Å². The van der Waals surface area contributed by atoms with Gasteiger partial charge in [0.15, 0.2) is 14.7 Å². The van der Waals surface area contributed by atoms with Gasteiger partial charge in [-0.25, -0.2) is 13.2 Å². The maximum absolute atomic E-state index is 12.0. The smallest absolute Gasteiger partial charge is 0.449 e. The first kappa shape index (κ1) is 15.9. The quantitative estimate of drug-likeness (QED) is 0.382. The van der Waals surface area contributed by atoms with Gasteiger partial charge in [0, 0.05) is 11.6 Å². The lowest BCUT2D eigenvalue weighted by Gasteiger charge is -2.12. The second-order valence-corrected chi connectivity index (χ2v) is 5.99. The number of rotatable bonds is 5. The molecule has 9 heteroatoms. The lowest BCUT2D eigenvalue weighted by molar-refractivity contribution is -0.387. The summed E-state index contributed by atoms with van der Waals surface area (Å²) in [4.78, 5) is 20.3. The van der Waals surface area contributed by atoms with Crippen molar-refractivity contribution in [2.45, 2.75) is 25.2 Å². The highest BCUT2D eigenvalue weighted by Gasteiger charge is 2.30. The summed E-state index contributed by atoms with van der Waals surface area (Å²) < 4.78 is 28.6. The van der Waals surface area contributed by atoms with Gasteiger partial charge in [0.25, 0.3) is 5.69 Å². The van der Waals surface area contributed by atoms with Crippen LogP contribution in [0.1, 0.15) is 19.4 Å². The van der Waals surface area contributed by atoms with Crippen LogP contribution in [-0.4, -0.2) is 30.4 Å². The van der Waals surface area contributed by atoms with Crippen molar-refractivity contribution in [1.82, 2.24) is 0 Å². The molecule has 0 aliphatic rings. The van der Waals surface area contributed by atoms with Gasteiger partial charge in [0.05, 0.1) is 10.7 Å². The minimum Gasteiger partial charge on any atom is -0.449 e. The highest BCUT2D eigenvalue weighted by molar-refractivity contribution is 7.91. The molecule has 0 aliphatic carbocycles. The van der Waals surface area contributed by atoms with Crippen molar-refractivity contribution in [3.05, 3.63) is 27.8 Å². The fourth-order valence-corrected chi connectivity index (χ4v) is 3.13. The molecule has 0 bridgehead atoms. The Morgan fingerprint density at radius 2 is 2.00 bits per heavy atom. The Hall–Kier alpha value is -2.16. The number of carbonyl (C=O) groups is 1. The first-order chi connectivity index (χ1) is 9.24. The number of benzene rings is 1. The normalized spacial score (nSPS) is 11.1. The van der Waals surface area contributed by atoms with E-state index in [1.54, 1.807) is 6.92 Å². The van der Waals surface area contributed by atoms with Crippen molar-refractivity contribution >= 4 is 21.7 Å². The second-order valence-electron chi connectivity index (χ2n) is 3.77. The van der Waals surface area contributed by atoms with Crippen LogP contribution in [0.4, 0.5) is 10.5 Å². The van der Waals surface area contributed by atoms with E-state index in [0.29, 0.717) is 0 Å². The zero-order valence-corrected chi connectivity index (χ0v) is 11.6. The Bertz CT molecular complexity index is 651. The Labute approximate surface area is 115 Å². The van der Waals surface area contributed by atoms with E-state index >= 15 is 0 Å². The van der Waals surface area contributed by atoms with E-state index in [-0.39, 0.29) is 23.5 Å². The van der Waals surface area contributed by atoms with E-state index in [2.05, 4.69) is 4.74 Å². The summed E-state index contributed by atoms with van der Waals surface area (Å²) in [5, 5.41) is 19.6. The molecule has 0 unspecified atom stereocenters. The van der Waals surface area contributed by atoms with Crippen LogP contribution >= 0.6 is 0 Å². The van der Waals surface area contributed by atoms with E-state index in [4.69, 9.17) is 5.11 Å². The molecule has 0 aromatic heterocycles. The van der Waals surface area contributed by atoms with Gasteiger partial charge in [-0.05, 0) is 12.5 Å². The highest BCUT2D eigenvalue weighted by atomic mass is 32.2. The Morgan fingerprint density at radius 3 is 2.40 bits per heavy atom. The Balaban J connectivity index is 3.72. The minimum atomic E-state index is -3.89. The molecule has 1 N–H and O–H groups in total. The van der Waals surface area contributed by atoms with Crippen molar-refractivity contribution < 1.29 is 28.0 Å². The molecule has 1 aromatic rings. The maximum Gasteiger partial charge on any atom is 0.511 e. The molecule has 0 spiro atoms. The molecule has 0 saturated carbocycles. The number of hydrogen-bond acceptors (Lipinski definition) is 6. The standard InChI is InChI=1S/C11H13NO7S/c1-3-7-9(19-11(13)14)6-5-8(12(15)16)10(7)20(17,18)4-2/h5-6H,3-4H2,1-2H3,(H,13,14). The molecular formula is C11H13NO7S. The summed E-state index contributed by atoms with van der Waals surface area (Å²) >= 11 is 0. The summed E-state index contributed by atoms with van der Waals surface area (Å²) in [6, 6.07) is 2.01. The molecule has 110 valence electrons. The summed E-state index contributed by atoms with van der Waals surface area (Å²) in [7, 11) is -3.89. The lowest BCUT2D eigenvalue weighted by Crippen LogP contribution is -2.13. The molecule has 8 nitrogen and oxygen atoms in total. The zero-order chi connectivity index (χ0) is 15.5. The summed E-state index contributed by atoms with van der Waals surface area (Å²) in [6.07, 6.45) is -1.54. The molecule has 1 aromatic carbocycles. The SMILES string of the molecule is CCc1c(OC(=O)O)ccc([N+](=O)[O-])c1S(=O)(=O)CC. The molecule has 20 heavy (non-hydrogen) atoms. The minimum absolute atomic E-state index is 0.0107. The van der Waals surface area contributed by atoms with Crippen molar-refractivity contribution in [3.8, 4) is 5.75 Å². The van der Waals surface area contributed by atoms with E-state index in [0.717, 1.165) is 12.1 Å². The monoisotopic (exact) mass is 303 g/mol. The molecule has 0 aliphatic heterocycles. The predicted molar refractivity (Wildman–Crippen MR) is 68.9 cm³/mol. The van der Waals surface area contributed by atoms with Crippen LogP contribution in [0.15, 0.2) is 17.0 Å². The Morgan fingerprint density at radius 1 is 1.40 bits per heavy atom. The number of nitro benzene ring substituents is 1. The molecular weight excluding hydrogens is 290 g/mol. The molecule has 1 rings (SSSR count). The topological polar surface area (TPSA) is 124 Å². The number of ether oxygens (including phenoxy) is 1. The average molecular weight is 303 g/mol. The fraction of sp³-hybridized carbons (Fsp3) is 0.364. The van der Waals surface area contributed by atoms with Crippen LogP contribution < -0.4 is 4.74 Å². The van der Waals surface area contributed by atoms with E-state index in [9.17, 15) is 23.3 Å². The van der Waals surface area contributed by atoms with Gasteiger partial charge in [0.1, 0.15) is 5.75 Å². The van der Waals surface area contributed by atoms with Gasteiger partial charge in [-0.2, -0.15) is 0 Å². The van der Waals surface area contributed by atoms with Crippen molar-refractivity contribution in [3.63, 3.8) is 0 Å². The third-order valence-corrected chi connectivity index (χ3v) is 4.47. The van der Waals surface area contributed by atoms with Crippen LogP contribution in [0.2, 0.25) is 0 Å². The van der Waals surface area contributed by atoms with Crippen molar-refractivity contribution in [2.75, 3.05) is 5.75 Å². The van der Waals surface area contributed by atoms with Crippen LogP contribution in [0.3, 0.4) is 0 Å². The van der Waals surface area contributed by atoms with Crippen LogP contribution in [-0.2, 0) is 16.3 Å². The number of nitro groups is 1. The maximum atomic E-state index is 12.0. The van der Waals surface area contributed by atoms with Gasteiger partial charge in [-0.15, -0.1) is 0 Å².